The second-order valence-corrected chi connectivity index (χ2v) is 9.24. The molecule has 0 amide bonds. The molecule has 0 aliphatic carbocycles. The van der Waals surface area contributed by atoms with Crippen LogP contribution in [0.4, 0.5) is 15.8 Å². The van der Waals surface area contributed by atoms with E-state index < -0.39 is 16.4 Å². The molecule has 4 rings (SSSR count). The predicted octanol–water partition coefficient (Wildman–Crippen LogP) is 3.88. The van der Waals surface area contributed by atoms with E-state index in [0.29, 0.717) is 18.0 Å². The highest BCUT2D eigenvalue weighted by atomic mass is 127. The van der Waals surface area contributed by atoms with Gasteiger partial charge in [0.2, 0.25) is 5.82 Å². The summed E-state index contributed by atoms with van der Waals surface area (Å²) in [5, 5.41) is 21.6. The molecule has 2 aromatic carbocycles. The highest BCUT2D eigenvalue weighted by Gasteiger charge is 2.24. The Morgan fingerprint density at radius 1 is 1.49 bits per heavy atom. The minimum absolute atomic E-state index is 0.0241. The van der Waals surface area contributed by atoms with Crippen LogP contribution < -0.4 is 10.5 Å². The van der Waals surface area contributed by atoms with Gasteiger partial charge < -0.3 is 25.0 Å². The highest BCUT2D eigenvalue weighted by Crippen LogP contribution is 2.35. The first-order valence-corrected chi connectivity index (χ1v) is 12.4. The molecule has 0 atom stereocenters. The van der Waals surface area contributed by atoms with Crippen LogP contribution in [0.1, 0.15) is 17.5 Å². The third-order valence-electron chi connectivity index (χ3n) is 6.04. The number of benzene rings is 1. The van der Waals surface area contributed by atoms with Crippen LogP contribution in [0.2, 0.25) is 0 Å². The number of hydrogen-bond acceptors (Lipinski definition) is 7. The van der Waals surface area contributed by atoms with E-state index in [-0.39, 0.29) is 21.9 Å². The lowest BCUT2D eigenvalue weighted by molar-refractivity contribution is -0.387. The Bertz CT molecular complexity index is 1450. The van der Waals surface area contributed by atoms with Gasteiger partial charge in [-0.1, -0.05) is 12.1 Å². The third kappa shape index (κ3) is 5.23. The molecule has 3 N–H and O–H groups in total. The molecule has 192 valence electrons. The summed E-state index contributed by atoms with van der Waals surface area (Å²) in [6, 6.07) is 10.2. The Morgan fingerprint density at radius 2 is 2.27 bits per heavy atom. The molecule has 0 radical (unpaired) electrons. The molecule has 3 aromatic rings. The number of nitro groups is 1. The Hall–Kier alpha value is -3.70. The van der Waals surface area contributed by atoms with Crippen LogP contribution in [0, 0.1) is 28.1 Å². The number of aromatic nitrogens is 1. The third-order valence-corrected chi connectivity index (χ3v) is 6.52. The van der Waals surface area contributed by atoms with Crippen molar-refractivity contribution in [2.75, 3.05) is 27.3 Å². The SMILES string of the molecule is COc1cc(F)c([N+](=O)[O-])cc1N=C(I)N=C(C(=CN)N(C)CCO)c1cn2c3c(cc#cc13)CCC2. The number of aliphatic imine (C=N–C) groups is 2. The quantitative estimate of drug-likeness (QED) is 0.0985. The van der Waals surface area contributed by atoms with E-state index in [9.17, 15) is 19.6 Å². The topological polar surface area (TPSA) is 132 Å². The van der Waals surface area contributed by atoms with Crippen LogP contribution in [0.5, 0.6) is 5.75 Å². The van der Waals surface area contributed by atoms with Gasteiger partial charge in [0.05, 0.1) is 35.2 Å². The maximum absolute atomic E-state index is 14.1. The van der Waals surface area contributed by atoms with Gasteiger partial charge in [0, 0.05) is 72.8 Å². The monoisotopic (exact) mass is 618 g/mol. The van der Waals surface area contributed by atoms with Crippen molar-refractivity contribution >= 4 is 54.4 Å². The molecule has 37 heavy (non-hydrogen) atoms. The fraction of sp³-hybridized carbons (Fsp3) is 0.280. The highest BCUT2D eigenvalue weighted by molar-refractivity contribution is 14.1. The number of likely N-dealkylation sites (N-methyl/N-ethyl adjacent to an activating group) is 1. The Labute approximate surface area is 226 Å². The van der Waals surface area contributed by atoms with Gasteiger partial charge in [-0.05, 0) is 24.5 Å². The van der Waals surface area contributed by atoms with Crippen LogP contribution in [0.25, 0.3) is 10.9 Å². The maximum Gasteiger partial charge on any atom is 0.307 e. The van der Waals surface area contributed by atoms with Crippen LogP contribution in [0.3, 0.4) is 0 Å². The molecular formula is C25H24FIN6O4. The van der Waals surface area contributed by atoms with Crippen molar-refractivity contribution in [3.8, 4) is 5.75 Å². The fourth-order valence-corrected chi connectivity index (χ4v) is 4.83. The second kappa shape index (κ2) is 11.1. The van der Waals surface area contributed by atoms with Gasteiger partial charge >= 0.3 is 5.69 Å². The minimum Gasteiger partial charge on any atom is -0.494 e. The van der Waals surface area contributed by atoms with E-state index in [1.54, 1.807) is 11.9 Å². The Morgan fingerprint density at radius 3 is 2.95 bits per heavy atom. The van der Waals surface area contributed by atoms with E-state index in [4.69, 9.17) is 15.5 Å². The average molecular weight is 618 g/mol. The van der Waals surface area contributed by atoms with Gasteiger partial charge in [-0.25, -0.2) is 9.98 Å². The van der Waals surface area contributed by atoms with Gasteiger partial charge in [-0.15, -0.1) is 0 Å². The number of nitrogens with two attached hydrogens (primary N) is 1. The summed E-state index contributed by atoms with van der Waals surface area (Å²) in [5.74, 6) is -1.00. The number of nitro benzene ring substituents is 1. The zero-order valence-corrected chi connectivity index (χ0v) is 22.3. The number of aliphatic hydroxyl groups is 1. The maximum atomic E-state index is 14.1. The molecule has 10 nitrogen and oxygen atoms in total. The molecule has 12 heteroatoms. The molecule has 0 bridgehead atoms. The smallest absolute Gasteiger partial charge is 0.307 e. The number of amidine groups is 1. The van der Waals surface area contributed by atoms with Gasteiger partial charge in [0.1, 0.15) is 17.1 Å². The van der Waals surface area contributed by atoms with Crippen molar-refractivity contribution in [1.29, 1.82) is 0 Å². The molecule has 0 unspecified atom stereocenters. The standard InChI is InChI=1S/C25H24FIN6O4/c1-31(9-10-34)21(13-28)23(17-14-32-8-4-6-15-5-3-7-16(17)24(15)32)30-25(27)29-19-12-20(33(35)36)18(26)11-22(19)37-2/h5,11-14,34H,4,6,8-10,28H2,1-2H3. The zero-order chi connectivity index (χ0) is 26.7. The average Bonchev–Trinajstić information content (AvgIpc) is 3.25. The minimum atomic E-state index is -1.03. The van der Waals surface area contributed by atoms with Crippen molar-refractivity contribution in [3.05, 3.63) is 75.5 Å². The van der Waals surface area contributed by atoms with Crippen molar-refractivity contribution in [3.63, 3.8) is 0 Å². The number of allylic oxidation sites excluding steroid dienone is 1. The van der Waals surface area contributed by atoms with Crippen LogP contribution in [-0.2, 0) is 13.0 Å². The summed E-state index contributed by atoms with van der Waals surface area (Å²) in [6.45, 7) is 1.03. The van der Waals surface area contributed by atoms with Crippen LogP contribution >= 0.6 is 22.6 Å². The summed E-state index contributed by atoms with van der Waals surface area (Å²) in [4.78, 5) is 21.4. The van der Waals surface area contributed by atoms with E-state index >= 15 is 0 Å². The van der Waals surface area contributed by atoms with Crippen molar-refractivity contribution in [1.82, 2.24) is 9.47 Å². The number of aliphatic hydroxyl groups excluding tert-OH is 1. The number of nitrogens with zero attached hydrogens (tertiary/aromatic N) is 5. The lowest BCUT2D eigenvalue weighted by Crippen LogP contribution is -2.28. The van der Waals surface area contributed by atoms with Crippen LogP contribution in [0.15, 0.2) is 46.3 Å². The van der Waals surface area contributed by atoms with E-state index in [1.165, 1.54) is 18.9 Å². The molecule has 1 aliphatic heterocycles. The van der Waals surface area contributed by atoms with Gasteiger partial charge in [0.25, 0.3) is 0 Å². The molecule has 0 saturated carbocycles. The number of hydrogen-bond donors (Lipinski definition) is 2. The van der Waals surface area contributed by atoms with Crippen molar-refractivity contribution in [2.24, 2.45) is 15.7 Å². The lowest BCUT2D eigenvalue weighted by atomic mass is 10.0. The molecule has 1 aliphatic rings. The summed E-state index contributed by atoms with van der Waals surface area (Å²) in [6.07, 6.45) is 5.31. The molecular weight excluding hydrogens is 594 g/mol. The van der Waals surface area contributed by atoms with Gasteiger partial charge in [0.15, 0.2) is 3.84 Å². The van der Waals surface area contributed by atoms with Crippen molar-refractivity contribution < 1.29 is 19.2 Å². The summed E-state index contributed by atoms with van der Waals surface area (Å²) in [5.41, 5.74) is 9.33. The first-order chi connectivity index (χ1) is 17.8. The first-order valence-electron chi connectivity index (χ1n) is 11.3. The van der Waals surface area contributed by atoms with Crippen LogP contribution in [-0.4, -0.2) is 56.4 Å². The second-order valence-electron chi connectivity index (χ2n) is 8.27. The molecule has 0 spiro atoms. The van der Waals surface area contributed by atoms with E-state index in [1.807, 2.05) is 34.9 Å². The number of methoxy groups -OCH3 is 1. The molecule has 2 heterocycles. The summed E-state index contributed by atoms with van der Waals surface area (Å²) >= 11 is 1.89. The van der Waals surface area contributed by atoms with Gasteiger partial charge in [-0.2, -0.15) is 4.39 Å². The Balaban J connectivity index is 1.92. The number of ether oxygens (including phenoxy) is 1. The zero-order valence-electron chi connectivity index (χ0n) is 20.2. The summed E-state index contributed by atoms with van der Waals surface area (Å²) < 4.78 is 21.6. The largest absolute Gasteiger partial charge is 0.494 e. The van der Waals surface area contributed by atoms with Crippen molar-refractivity contribution in [2.45, 2.75) is 19.4 Å². The molecule has 0 fully saturated rings. The van der Waals surface area contributed by atoms with E-state index in [0.717, 1.165) is 48.0 Å². The number of halogens is 2. The first kappa shape index (κ1) is 26.4. The summed E-state index contributed by atoms with van der Waals surface area (Å²) in [7, 11) is 3.10. The fourth-order valence-electron chi connectivity index (χ4n) is 4.33. The predicted molar refractivity (Wildman–Crippen MR) is 147 cm³/mol. The molecule has 1 aromatic heterocycles. The Kier molecular flexibility index (Phi) is 7.94. The number of aryl methyl sites for hydroxylation is 2. The normalized spacial score (nSPS) is 14.0. The number of rotatable bonds is 8. The lowest BCUT2D eigenvalue weighted by Gasteiger charge is -2.22. The van der Waals surface area contributed by atoms with E-state index in [2.05, 4.69) is 21.7 Å². The van der Waals surface area contributed by atoms with Gasteiger partial charge in [-0.3, -0.25) is 10.1 Å². The molecule has 0 saturated heterocycles.